The van der Waals surface area contributed by atoms with Gasteiger partial charge in [-0.1, -0.05) is 6.07 Å². The van der Waals surface area contributed by atoms with E-state index in [0.717, 1.165) is 13.0 Å². The van der Waals surface area contributed by atoms with Crippen molar-refractivity contribution in [1.29, 1.82) is 0 Å². The van der Waals surface area contributed by atoms with Crippen LogP contribution < -0.4 is 4.90 Å². The van der Waals surface area contributed by atoms with Crippen LogP contribution in [0.2, 0.25) is 0 Å². The van der Waals surface area contributed by atoms with E-state index in [-0.39, 0.29) is 11.3 Å². The molecule has 1 atom stereocenters. The number of aryl methyl sites for hydroxylation is 1. The largest absolute Gasteiger partial charge is 0.503 e. The number of aliphatic hydroxyl groups is 1. The number of hydrogen-bond acceptors (Lipinski definition) is 5. The summed E-state index contributed by atoms with van der Waals surface area (Å²) >= 11 is 0. The highest BCUT2D eigenvalue weighted by Crippen LogP contribution is 2.38. The summed E-state index contributed by atoms with van der Waals surface area (Å²) in [6.45, 7) is 3.01. The quantitative estimate of drug-likeness (QED) is 0.713. The summed E-state index contributed by atoms with van der Waals surface area (Å²) in [4.78, 5) is 32.8. The number of ketones is 1. The molecule has 2 aromatic rings. The fourth-order valence-electron chi connectivity index (χ4n) is 3.25. The number of amides is 1. The lowest BCUT2D eigenvalue weighted by molar-refractivity contribution is -0.858. The minimum absolute atomic E-state index is 0.0188. The Hall–Kier alpha value is -2.93. The van der Waals surface area contributed by atoms with Gasteiger partial charge in [-0.15, -0.1) is 0 Å². The molecule has 0 spiro atoms. The van der Waals surface area contributed by atoms with Crippen molar-refractivity contribution < 1.29 is 24.0 Å². The van der Waals surface area contributed by atoms with Crippen molar-refractivity contribution in [2.24, 2.45) is 0 Å². The van der Waals surface area contributed by atoms with Crippen LogP contribution in [0.5, 0.6) is 0 Å². The normalized spacial score (nSPS) is 17.3. The Balaban J connectivity index is 1.98. The predicted octanol–water partition coefficient (Wildman–Crippen LogP) is 1.10. The summed E-state index contributed by atoms with van der Waals surface area (Å²) in [5, 5.41) is 10.5. The fourth-order valence-corrected chi connectivity index (χ4v) is 3.25. The van der Waals surface area contributed by atoms with Crippen LogP contribution >= 0.6 is 0 Å². The number of aliphatic hydroxyl groups excluding tert-OH is 1. The molecule has 142 valence electrons. The second-order valence-corrected chi connectivity index (χ2v) is 6.97. The Morgan fingerprint density at radius 3 is 2.67 bits per heavy atom. The smallest absolute Gasteiger partial charge is 0.290 e. The maximum Gasteiger partial charge on any atom is 0.290 e. The Kier molecular flexibility index (Phi) is 5.41. The first-order valence-electron chi connectivity index (χ1n) is 8.95. The standard InChI is InChI=1S/C20H23N3O4/c1-13-8-9-15(27-13)18(24)16-17(14-7-4-5-10-21-14)23(20(26)19(16)25)12-6-11-22(2)3/h4-5,7-10,17,25H,6,11-12H2,1-3H3/p+1/t17-/m1/s1. The summed E-state index contributed by atoms with van der Waals surface area (Å²) in [7, 11) is 4.07. The molecule has 0 aliphatic carbocycles. The van der Waals surface area contributed by atoms with E-state index >= 15 is 0 Å². The second kappa shape index (κ2) is 7.75. The number of carbonyl (C=O) groups is 2. The molecule has 2 N–H and O–H groups in total. The fraction of sp³-hybridized carbons (Fsp3) is 0.350. The number of Topliss-reactive ketones (excluding diaryl/α,β-unsaturated/α-hetero) is 1. The van der Waals surface area contributed by atoms with Gasteiger partial charge in [0, 0.05) is 19.2 Å². The molecule has 27 heavy (non-hydrogen) atoms. The second-order valence-electron chi connectivity index (χ2n) is 6.97. The zero-order valence-corrected chi connectivity index (χ0v) is 15.7. The van der Waals surface area contributed by atoms with Crippen LogP contribution in [0.1, 0.15) is 34.5 Å². The van der Waals surface area contributed by atoms with Gasteiger partial charge in [0.2, 0.25) is 5.78 Å². The summed E-state index contributed by atoms with van der Waals surface area (Å²) in [6, 6.07) is 7.81. The van der Waals surface area contributed by atoms with Crippen LogP contribution in [0.3, 0.4) is 0 Å². The molecule has 2 aromatic heterocycles. The molecule has 0 radical (unpaired) electrons. The Bertz CT molecular complexity index is 870. The number of hydrogen-bond donors (Lipinski definition) is 2. The molecule has 1 aliphatic heterocycles. The molecule has 0 fully saturated rings. The summed E-state index contributed by atoms with van der Waals surface area (Å²) in [6.07, 6.45) is 2.35. The van der Waals surface area contributed by atoms with Gasteiger partial charge in [0.25, 0.3) is 5.91 Å². The number of quaternary nitrogens is 1. The molecule has 0 unspecified atom stereocenters. The summed E-state index contributed by atoms with van der Waals surface area (Å²) < 4.78 is 5.42. The van der Waals surface area contributed by atoms with Crippen molar-refractivity contribution in [3.63, 3.8) is 0 Å². The molecular weight excluding hydrogens is 346 g/mol. The third kappa shape index (κ3) is 3.78. The van der Waals surface area contributed by atoms with E-state index in [1.165, 1.54) is 9.80 Å². The molecule has 3 rings (SSSR count). The van der Waals surface area contributed by atoms with E-state index < -0.39 is 23.5 Å². The van der Waals surface area contributed by atoms with Crippen LogP contribution in [0, 0.1) is 6.92 Å². The number of aromatic nitrogens is 1. The lowest BCUT2D eigenvalue weighted by Crippen LogP contribution is -3.05. The van der Waals surface area contributed by atoms with E-state index in [1.54, 1.807) is 43.5 Å². The minimum atomic E-state index is -0.728. The first-order chi connectivity index (χ1) is 12.9. The van der Waals surface area contributed by atoms with Crippen molar-refractivity contribution >= 4 is 11.7 Å². The molecule has 3 heterocycles. The Morgan fingerprint density at radius 1 is 1.30 bits per heavy atom. The highest BCUT2D eigenvalue weighted by atomic mass is 16.3. The molecule has 7 heteroatoms. The molecular formula is C20H24N3O4+. The summed E-state index contributed by atoms with van der Waals surface area (Å²) in [5.74, 6) is -0.886. The molecule has 7 nitrogen and oxygen atoms in total. The van der Waals surface area contributed by atoms with Crippen molar-refractivity contribution in [3.8, 4) is 0 Å². The third-order valence-corrected chi connectivity index (χ3v) is 4.56. The van der Waals surface area contributed by atoms with Crippen molar-refractivity contribution in [2.75, 3.05) is 27.2 Å². The highest BCUT2D eigenvalue weighted by Gasteiger charge is 2.44. The molecule has 1 aliphatic rings. The number of nitrogens with zero attached hydrogens (tertiary/aromatic N) is 2. The first kappa shape index (κ1) is 18.8. The zero-order chi connectivity index (χ0) is 19.6. The van der Waals surface area contributed by atoms with Gasteiger partial charge in [-0.3, -0.25) is 14.6 Å². The van der Waals surface area contributed by atoms with Crippen LogP contribution in [0.25, 0.3) is 0 Å². The number of rotatable bonds is 7. The maximum absolute atomic E-state index is 13.0. The van der Waals surface area contributed by atoms with E-state index in [9.17, 15) is 14.7 Å². The van der Waals surface area contributed by atoms with Gasteiger partial charge < -0.3 is 19.3 Å². The average Bonchev–Trinajstić information content (AvgIpc) is 3.18. The van der Waals surface area contributed by atoms with Gasteiger partial charge in [0.15, 0.2) is 11.5 Å². The van der Waals surface area contributed by atoms with Crippen molar-refractivity contribution in [1.82, 2.24) is 9.88 Å². The van der Waals surface area contributed by atoms with Gasteiger partial charge >= 0.3 is 0 Å². The van der Waals surface area contributed by atoms with Gasteiger partial charge in [-0.05, 0) is 31.2 Å². The lowest BCUT2D eigenvalue weighted by Gasteiger charge is -2.26. The van der Waals surface area contributed by atoms with Gasteiger partial charge in [-0.2, -0.15) is 0 Å². The van der Waals surface area contributed by atoms with E-state index in [4.69, 9.17) is 4.42 Å². The third-order valence-electron chi connectivity index (χ3n) is 4.56. The highest BCUT2D eigenvalue weighted by molar-refractivity contribution is 6.14. The monoisotopic (exact) mass is 370 g/mol. The molecule has 1 amide bonds. The molecule has 0 aromatic carbocycles. The van der Waals surface area contributed by atoms with Gasteiger partial charge in [0.1, 0.15) is 11.8 Å². The maximum atomic E-state index is 13.0. The van der Waals surface area contributed by atoms with Crippen LogP contribution in [-0.2, 0) is 4.79 Å². The van der Waals surface area contributed by atoms with E-state index in [1.807, 2.05) is 14.1 Å². The van der Waals surface area contributed by atoms with Crippen LogP contribution in [0.15, 0.2) is 52.3 Å². The molecule has 0 bridgehead atoms. The molecule has 0 saturated carbocycles. The van der Waals surface area contributed by atoms with E-state index in [0.29, 0.717) is 18.0 Å². The SMILES string of the molecule is Cc1ccc(C(=O)C2=C(O)C(=O)N(CCC[NH+](C)C)[C@@H]2c2ccccn2)o1. The number of carbonyl (C=O) groups excluding carboxylic acids is 2. The number of furan rings is 1. The topological polar surface area (TPSA) is 88.1 Å². The Morgan fingerprint density at radius 2 is 2.07 bits per heavy atom. The van der Waals surface area contributed by atoms with Gasteiger partial charge in [-0.25, -0.2) is 0 Å². The van der Waals surface area contributed by atoms with Crippen LogP contribution in [-0.4, -0.2) is 53.9 Å². The van der Waals surface area contributed by atoms with Crippen LogP contribution in [0.4, 0.5) is 0 Å². The molecule has 0 saturated heterocycles. The van der Waals surface area contributed by atoms with Crippen molar-refractivity contribution in [3.05, 3.63) is 65.1 Å². The summed E-state index contributed by atoms with van der Waals surface area (Å²) in [5.41, 5.74) is 0.559. The average molecular weight is 370 g/mol. The Labute approximate surface area is 157 Å². The first-order valence-corrected chi connectivity index (χ1v) is 8.95. The zero-order valence-electron chi connectivity index (χ0n) is 15.7. The minimum Gasteiger partial charge on any atom is -0.503 e. The lowest BCUT2D eigenvalue weighted by atomic mass is 9.98. The van der Waals surface area contributed by atoms with Gasteiger partial charge in [0.05, 0.1) is 31.9 Å². The van der Waals surface area contributed by atoms with Crippen molar-refractivity contribution in [2.45, 2.75) is 19.4 Å². The predicted molar refractivity (Wildman–Crippen MR) is 98.4 cm³/mol. The van der Waals surface area contributed by atoms with E-state index in [2.05, 4.69) is 4.98 Å². The number of pyridine rings is 1. The number of nitrogens with one attached hydrogen (secondary N) is 1.